The summed E-state index contributed by atoms with van der Waals surface area (Å²) in [5.74, 6) is 1.23. The summed E-state index contributed by atoms with van der Waals surface area (Å²) >= 11 is 0. The second-order valence-electron chi connectivity index (χ2n) is 5.69. The van der Waals surface area contributed by atoms with Crippen LogP contribution < -0.4 is 9.64 Å². The third kappa shape index (κ3) is 3.98. The molecule has 0 aromatic heterocycles. The van der Waals surface area contributed by atoms with Gasteiger partial charge in [0, 0.05) is 12.5 Å². The Hall–Kier alpha value is -3.40. The Labute approximate surface area is 153 Å². The van der Waals surface area contributed by atoms with Crippen molar-refractivity contribution in [2.45, 2.75) is 6.92 Å². The maximum Gasteiger partial charge on any atom is 0.229 e. The van der Waals surface area contributed by atoms with Crippen LogP contribution in [0, 0.1) is 0 Å². The summed E-state index contributed by atoms with van der Waals surface area (Å²) in [5, 5.41) is 0. The highest BCUT2D eigenvalue weighted by Gasteiger charge is 2.20. The molecule has 0 heterocycles. The lowest BCUT2D eigenvalue weighted by Gasteiger charge is -2.23. The molecule has 0 atom stereocenters. The summed E-state index contributed by atoms with van der Waals surface area (Å²) in [6, 6.07) is 26.6. The molecule has 130 valence electrons. The zero-order valence-corrected chi connectivity index (χ0v) is 14.8. The number of carbonyl (C=O) groups excluding carboxylic acids is 1. The number of aliphatic imine (C=N–C) groups is 1. The fourth-order valence-corrected chi connectivity index (χ4v) is 2.64. The van der Waals surface area contributed by atoms with E-state index in [2.05, 4.69) is 0 Å². The third-order valence-electron chi connectivity index (χ3n) is 3.88. The van der Waals surface area contributed by atoms with E-state index in [1.807, 2.05) is 84.9 Å². The van der Waals surface area contributed by atoms with E-state index < -0.39 is 0 Å². The van der Waals surface area contributed by atoms with Gasteiger partial charge in [-0.05, 0) is 36.4 Å². The van der Waals surface area contributed by atoms with Crippen molar-refractivity contribution < 1.29 is 9.53 Å². The lowest BCUT2D eigenvalue weighted by Crippen LogP contribution is -2.35. The van der Waals surface area contributed by atoms with Gasteiger partial charge in [-0.3, -0.25) is 9.69 Å². The van der Waals surface area contributed by atoms with Gasteiger partial charge in [0.1, 0.15) is 11.6 Å². The molecule has 0 fully saturated rings. The number of carbonyl (C=O) groups is 1. The van der Waals surface area contributed by atoms with Gasteiger partial charge in [0.05, 0.1) is 18.5 Å². The summed E-state index contributed by atoms with van der Waals surface area (Å²) < 4.78 is 5.20. The predicted octanol–water partition coefficient (Wildman–Crippen LogP) is 4.83. The maximum atomic E-state index is 12.5. The number of nitrogens with zero attached hydrogens (tertiary/aromatic N) is 2. The zero-order valence-electron chi connectivity index (χ0n) is 14.8. The van der Waals surface area contributed by atoms with Gasteiger partial charge in [0.2, 0.25) is 5.91 Å². The number of amidine groups is 1. The van der Waals surface area contributed by atoms with Crippen LogP contribution in [0.1, 0.15) is 12.5 Å². The van der Waals surface area contributed by atoms with Crippen molar-refractivity contribution in [2.75, 3.05) is 12.0 Å². The number of benzene rings is 3. The summed E-state index contributed by atoms with van der Waals surface area (Å²) in [4.78, 5) is 18.9. The number of hydrogen-bond donors (Lipinski definition) is 0. The minimum absolute atomic E-state index is 0.104. The molecule has 4 nitrogen and oxygen atoms in total. The predicted molar refractivity (Wildman–Crippen MR) is 105 cm³/mol. The first-order valence-corrected chi connectivity index (χ1v) is 8.33. The van der Waals surface area contributed by atoms with E-state index in [1.165, 1.54) is 0 Å². The standard InChI is InChI=1S/C22H20N2O2/c1-17(25)24(20-11-7-4-8-12-20)22(18-9-5-3-6-10-18)23-19-13-15-21(26-2)16-14-19/h3-16H,1-2H3. The Kier molecular flexibility index (Phi) is 5.44. The third-order valence-corrected chi connectivity index (χ3v) is 3.88. The molecule has 3 rings (SSSR count). The van der Waals surface area contributed by atoms with Crippen molar-refractivity contribution in [3.8, 4) is 5.75 Å². The molecule has 0 saturated carbocycles. The molecule has 3 aromatic carbocycles. The van der Waals surface area contributed by atoms with Gasteiger partial charge in [-0.1, -0.05) is 48.5 Å². The van der Waals surface area contributed by atoms with Gasteiger partial charge in [0.25, 0.3) is 0 Å². The smallest absolute Gasteiger partial charge is 0.229 e. The van der Waals surface area contributed by atoms with Gasteiger partial charge < -0.3 is 4.74 Å². The second-order valence-corrected chi connectivity index (χ2v) is 5.69. The SMILES string of the molecule is COc1ccc(N=C(c2ccccc2)N(C(C)=O)c2ccccc2)cc1. The molecule has 0 aliphatic carbocycles. The molecule has 0 unspecified atom stereocenters. The van der Waals surface area contributed by atoms with E-state index >= 15 is 0 Å². The average Bonchev–Trinajstić information content (AvgIpc) is 2.69. The van der Waals surface area contributed by atoms with Crippen molar-refractivity contribution in [1.82, 2.24) is 0 Å². The molecule has 0 bridgehead atoms. The molecule has 1 amide bonds. The van der Waals surface area contributed by atoms with Crippen LogP contribution in [-0.4, -0.2) is 18.9 Å². The van der Waals surface area contributed by atoms with Crippen LogP contribution in [0.5, 0.6) is 5.75 Å². The highest BCUT2D eigenvalue weighted by atomic mass is 16.5. The summed E-state index contributed by atoms with van der Waals surface area (Å²) in [6.07, 6.45) is 0. The molecule has 3 aromatic rings. The van der Waals surface area contributed by atoms with E-state index in [4.69, 9.17) is 9.73 Å². The summed E-state index contributed by atoms with van der Waals surface area (Å²) in [5.41, 5.74) is 2.38. The van der Waals surface area contributed by atoms with Crippen molar-refractivity contribution in [2.24, 2.45) is 4.99 Å². The number of methoxy groups -OCH3 is 1. The fourth-order valence-electron chi connectivity index (χ4n) is 2.64. The molecule has 4 heteroatoms. The van der Waals surface area contributed by atoms with Gasteiger partial charge in [-0.2, -0.15) is 0 Å². The van der Waals surface area contributed by atoms with Crippen molar-refractivity contribution in [3.63, 3.8) is 0 Å². The van der Waals surface area contributed by atoms with Gasteiger partial charge in [-0.25, -0.2) is 4.99 Å². The monoisotopic (exact) mass is 344 g/mol. The Morgan fingerprint density at radius 2 is 1.42 bits per heavy atom. The molecule has 0 radical (unpaired) electrons. The highest BCUT2D eigenvalue weighted by Crippen LogP contribution is 2.23. The lowest BCUT2D eigenvalue weighted by molar-refractivity contribution is -0.115. The number of anilines is 1. The van der Waals surface area contributed by atoms with E-state index in [1.54, 1.807) is 18.9 Å². The number of ether oxygens (including phenoxy) is 1. The first-order valence-electron chi connectivity index (χ1n) is 8.33. The molecule has 26 heavy (non-hydrogen) atoms. The molecular formula is C22H20N2O2. The summed E-state index contributed by atoms with van der Waals surface area (Å²) in [6.45, 7) is 1.54. The maximum absolute atomic E-state index is 12.5. The highest BCUT2D eigenvalue weighted by molar-refractivity contribution is 6.23. The van der Waals surface area contributed by atoms with Crippen LogP contribution in [0.4, 0.5) is 11.4 Å². The number of hydrogen-bond acceptors (Lipinski definition) is 3. The summed E-state index contributed by atoms with van der Waals surface area (Å²) in [7, 11) is 1.63. The van der Waals surface area contributed by atoms with Crippen molar-refractivity contribution in [3.05, 3.63) is 90.5 Å². The van der Waals surface area contributed by atoms with Crippen LogP contribution in [0.25, 0.3) is 0 Å². The number of amides is 1. The minimum Gasteiger partial charge on any atom is -0.497 e. The van der Waals surface area contributed by atoms with E-state index in [-0.39, 0.29) is 5.91 Å². The van der Waals surface area contributed by atoms with Crippen LogP contribution in [0.2, 0.25) is 0 Å². The lowest BCUT2D eigenvalue weighted by atomic mass is 10.1. The molecular weight excluding hydrogens is 324 g/mol. The molecule has 0 aliphatic heterocycles. The van der Waals surface area contributed by atoms with Gasteiger partial charge >= 0.3 is 0 Å². The Balaban J connectivity index is 2.13. The Morgan fingerprint density at radius 3 is 1.96 bits per heavy atom. The van der Waals surface area contributed by atoms with Gasteiger partial charge in [-0.15, -0.1) is 0 Å². The van der Waals surface area contributed by atoms with Gasteiger partial charge in [0.15, 0.2) is 0 Å². The molecule has 0 N–H and O–H groups in total. The quantitative estimate of drug-likeness (QED) is 0.503. The van der Waals surface area contributed by atoms with E-state index in [0.29, 0.717) is 5.84 Å². The Bertz CT molecular complexity index is 888. The molecule has 0 saturated heterocycles. The topological polar surface area (TPSA) is 41.9 Å². The first kappa shape index (κ1) is 17.4. The van der Waals surface area contributed by atoms with Crippen LogP contribution in [0.15, 0.2) is 89.9 Å². The fraction of sp³-hybridized carbons (Fsp3) is 0.0909. The van der Waals surface area contributed by atoms with Crippen LogP contribution >= 0.6 is 0 Å². The van der Waals surface area contributed by atoms with E-state index in [0.717, 1.165) is 22.7 Å². The van der Waals surface area contributed by atoms with Crippen LogP contribution in [0.3, 0.4) is 0 Å². The molecule has 0 spiro atoms. The Morgan fingerprint density at radius 1 is 0.846 bits per heavy atom. The first-order chi connectivity index (χ1) is 12.7. The zero-order chi connectivity index (χ0) is 18.4. The van der Waals surface area contributed by atoms with Crippen molar-refractivity contribution >= 4 is 23.1 Å². The number of para-hydroxylation sites is 1. The molecule has 0 aliphatic rings. The second kappa shape index (κ2) is 8.12. The number of rotatable bonds is 4. The van der Waals surface area contributed by atoms with Crippen molar-refractivity contribution in [1.29, 1.82) is 0 Å². The normalized spacial score (nSPS) is 11.1. The largest absolute Gasteiger partial charge is 0.497 e. The van der Waals surface area contributed by atoms with Crippen LogP contribution in [-0.2, 0) is 4.79 Å². The minimum atomic E-state index is -0.104. The average molecular weight is 344 g/mol. The van der Waals surface area contributed by atoms with E-state index in [9.17, 15) is 4.79 Å².